The average molecular weight is 277 g/mol. The largest absolute Gasteiger partial charge is 0.367 e. The van der Waals surface area contributed by atoms with Gasteiger partial charge in [0.1, 0.15) is 5.69 Å². The van der Waals surface area contributed by atoms with Crippen LogP contribution in [-0.2, 0) is 0 Å². The van der Waals surface area contributed by atoms with Crippen molar-refractivity contribution in [2.24, 2.45) is 0 Å². The van der Waals surface area contributed by atoms with Crippen LogP contribution >= 0.6 is 0 Å². The van der Waals surface area contributed by atoms with E-state index in [9.17, 15) is 0 Å². The normalized spacial score (nSPS) is 11.0. The monoisotopic (exact) mass is 277 g/mol. The van der Waals surface area contributed by atoms with E-state index in [0.29, 0.717) is 11.3 Å². The third-order valence-electron chi connectivity index (χ3n) is 3.32. The molecule has 0 saturated carbocycles. The van der Waals surface area contributed by atoms with Gasteiger partial charge in [0, 0.05) is 12.4 Å². The highest BCUT2D eigenvalue weighted by atomic mass is 16.5. The van der Waals surface area contributed by atoms with E-state index in [1.54, 1.807) is 16.9 Å². The maximum atomic E-state index is 5.93. The zero-order valence-corrected chi connectivity index (χ0v) is 11.0. The Hall–Kier alpha value is -3.15. The maximum absolute atomic E-state index is 5.93. The predicted octanol–water partition coefficient (Wildman–Crippen LogP) is 2.63. The molecule has 0 atom stereocenters. The Morgan fingerprint density at radius 1 is 1.10 bits per heavy atom. The minimum Gasteiger partial charge on any atom is -0.367 e. The van der Waals surface area contributed by atoms with Crippen LogP contribution in [0.2, 0.25) is 0 Å². The highest BCUT2D eigenvalue weighted by Crippen LogP contribution is 2.36. The molecule has 21 heavy (non-hydrogen) atoms. The van der Waals surface area contributed by atoms with Crippen molar-refractivity contribution in [3.63, 3.8) is 0 Å². The van der Waals surface area contributed by atoms with Gasteiger partial charge in [-0.05, 0) is 24.3 Å². The van der Waals surface area contributed by atoms with Crippen LogP contribution in [0.1, 0.15) is 0 Å². The molecular weight excluding hydrogens is 266 g/mol. The summed E-state index contributed by atoms with van der Waals surface area (Å²) in [5.74, 6) is 0.249. The topological polar surface area (TPSA) is 82.2 Å². The molecule has 4 rings (SSSR count). The van der Waals surface area contributed by atoms with Crippen molar-refractivity contribution >= 4 is 11.4 Å². The van der Waals surface area contributed by atoms with Crippen molar-refractivity contribution in [2.75, 3.05) is 5.73 Å². The molecule has 6 nitrogen and oxygen atoms in total. The van der Waals surface area contributed by atoms with Gasteiger partial charge < -0.3 is 10.3 Å². The molecule has 4 heterocycles. The van der Waals surface area contributed by atoms with Gasteiger partial charge >= 0.3 is 0 Å². The number of anilines is 1. The second kappa shape index (κ2) is 4.45. The number of nitrogens with two attached hydrogens (primary N) is 1. The molecule has 0 fully saturated rings. The summed E-state index contributed by atoms with van der Waals surface area (Å²) >= 11 is 0. The molecule has 0 spiro atoms. The second-order valence-corrected chi connectivity index (χ2v) is 4.57. The van der Waals surface area contributed by atoms with Gasteiger partial charge in [-0.15, -0.1) is 0 Å². The lowest BCUT2D eigenvalue weighted by atomic mass is 10.1. The predicted molar refractivity (Wildman–Crippen MR) is 78.3 cm³/mol. The third-order valence-corrected chi connectivity index (χ3v) is 3.32. The molecule has 0 aliphatic carbocycles. The van der Waals surface area contributed by atoms with Crippen molar-refractivity contribution in [3.05, 3.63) is 55.0 Å². The summed E-state index contributed by atoms with van der Waals surface area (Å²) in [6.07, 6.45) is 5.34. The molecule has 0 bridgehead atoms. The van der Waals surface area contributed by atoms with E-state index in [0.717, 1.165) is 16.8 Å². The highest BCUT2D eigenvalue weighted by Gasteiger charge is 2.20. The zero-order chi connectivity index (χ0) is 14.2. The molecule has 0 aliphatic rings. The summed E-state index contributed by atoms with van der Waals surface area (Å²) in [7, 11) is 0. The number of pyridine rings is 2. The number of hydrogen-bond acceptors (Lipinski definition) is 5. The lowest BCUT2D eigenvalue weighted by Crippen LogP contribution is -1.90. The zero-order valence-electron chi connectivity index (χ0n) is 11.0. The van der Waals surface area contributed by atoms with Gasteiger partial charge in [-0.3, -0.25) is 4.98 Å². The first-order valence-corrected chi connectivity index (χ1v) is 6.44. The fourth-order valence-corrected chi connectivity index (χ4v) is 2.36. The SMILES string of the molecule is Nc1onc(-c2cnn3ccccc23)c1-c1ccccn1. The van der Waals surface area contributed by atoms with Gasteiger partial charge in [-0.25, -0.2) is 4.52 Å². The van der Waals surface area contributed by atoms with E-state index < -0.39 is 0 Å². The minimum absolute atomic E-state index is 0.249. The first kappa shape index (κ1) is 11.7. The van der Waals surface area contributed by atoms with Crippen LogP contribution in [0, 0.1) is 0 Å². The van der Waals surface area contributed by atoms with Crippen LogP contribution in [0.5, 0.6) is 0 Å². The number of fused-ring (bicyclic) bond motifs is 1. The van der Waals surface area contributed by atoms with Crippen LogP contribution in [0.15, 0.2) is 59.5 Å². The van der Waals surface area contributed by atoms with E-state index in [4.69, 9.17) is 10.3 Å². The number of nitrogen functional groups attached to an aromatic ring is 1. The summed E-state index contributed by atoms with van der Waals surface area (Å²) in [6, 6.07) is 11.5. The van der Waals surface area contributed by atoms with E-state index in [1.165, 1.54) is 0 Å². The fraction of sp³-hybridized carbons (Fsp3) is 0. The second-order valence-electron chi connectivity index (χ2n) is 4.57. The third kappa shape index (κ3) is 1.77. The molecule has 0 unspecified atom stereocenters. The Morgan fingerprint density at radius 2 is 2.00 bits per heavy atom. The van der Waals surface area contributed by atoms with Gasteiger partial charge in [-0.1, -0.05) is 17.3 Å². The minimum atomic E-state index is 0.249. The highest BCUT2D eigenvalue weighted by molar-refractivity contribution is 5.90. The number of hydrogen-bond donors (Lipinski definition) is 1. The van der Waals surface area contributed by atoms with Crippen molar-refractivity contribution in [1.29, 1.82) is 0 Å². The summed E-state index contributed by atoms with van der Waals surface area (Å²) in [5, 5.41) is 8.40. The molecule has 2 N–H and O–H groups in total. The van der Waals surface area contributed by atoms with Crippen LogP contribution in [0.4, 0.5) is 5.88 Å². The molecule has 0 aromatic carbocycles. The molecule has 0 saturated heterocycles. The van der Waals surface area contributed by atoms with E-state index >= 15 is 0 Å². The average Bonchev–Trinajstić information content (AvgIpc) is 3.11. The van der Waals surface area contributed by atoms with Crippen LogP contribution in [0.25, 0.3) is 28.0 Å². The molecule has 102 valence electrons. The van der Waals surface area contributed by atoms with Gasteiger partial charge in [0.25, 0.3) is 0 Å². The quantitative estimate of drug-likeness (QED) is 0.609. The summed E-state index contributed by atoms with van der Waals surface area (Å²) in [5.41, 5.74) is 9.78. The summed E-state index contributed by atoms with van der Waals surface area (Å²) in [4.78, 5) is 4.33. The van der Waals surface area contributed by atoms with Gasteiger partial charge in [0.05, 0.1) is 28.5 Å². The van der Waals surface area contributed by atoms with Crippen molar-refractivity contribution in [2.45, 2.75) is 0 Å². The maximum Gasteiger partial charge on any atom is 0.232 e. The molecule has 4 aromatic heterocycles. The Bertz CT molecular complexity index is 910. The standard InChI is InChI=1S/C15H11N5O/c16-15-13(11-5-1-3-7-17-11)14(19-21-15)10-9-18-20-8-4-2-6-12(10)20/h1-9H,16H2. The number of nitrogens with zero attached hydrogens (tertiary/aromatic N) is 4. The van der Waals surface area contributed by atoms with Gasteiger partial charge in [-0.2, -0.15) is 5.10 Å². The summed E-state index contributed by atoms with van der Waals surface area (Å²) in [6.45, 7) is 0. The van der Waals surface area contributed by atoms with Crippen LogP contribution in [-0.4, -0.2) is 19.8 Å². The number of aromatic nitrogens is 4. The Balaban J connectivity index is 1.98. The summed E-state index contributed by atoms with van der Waals surface area (Å²) < 4.78 is 6.95. The fourth-order valence-electron chi connectivity index (χ4n) is 2.36. The molecule has 0 amide bonds. The lowest BCUT2D eigenvalue weighted by molar-refractivity contribution is 0.439. The van der Waals surface area contributed by atoms with E-state index in [-0.39, 0.29) is 5.88 Å². The van der Waals surface area contributed by atoms with E-state index in [1.807, 2.05) is 42.6 Å². The van der Waals surface area contributed by atoms with Gasteiger partial charge in [0.15, 0.2) is 0 Å². The van der Waals surface area contributed by atoms with Crippen molar-refractivity contribution in [3.8, 4) is 22.5 Å². The Morgan fingerprint density at radius 3 is 2.86 bits per heavy atom. The Labute approximate surface area is 119 Å². The molecule has 4 aromatic rings. The first-order valence-electron chi connectivity index (χ1n) is 6.44. The first-order chi connectivity index (χ1) is 10.3. The lowest BCUT2D eigenvalue weighted by Gasteiger charge is -2.00. The molecule has 6 heteroatoms. The molecular formula is C15H11N5O. The van der Waals surface area contributed by atoms with Crippen LogP contribution < -0.4 is 5.73 Å². The van der Waals surface area contributed by atoms with E-state index in [2.05, 4.69) is 15.2 Å². The van der Waals surface area contributed by atoms with Crippen LogP contribution in [0.3, 0.4) is 0 Å². The molecule has 0 aliphatic heterocycles. The molecule has 0 radical (unpaired) electrons. The smallest absolute Gasteiger partial charge is 0.232 e. The number of rotatable bonds is 2. The van der Waals surface area contributed by atoms with Gasteiger partial charge in [0.2, 0.25) is 5.88 Å². The Kier molecular flexibility index (Phi) is 2.47. The van der Waals surface area contributed by atoms with Crippen molar-refractivity contribution < 1.29 is 4.52 Å². The van der Waals surface area contributed by atoms with Crippen molar-refractivity contribution in [1.82, 2.24) is 19.8 Å².